The van der Waals surface area contributed by atoms with Gasteiger partial charge in [-0.2, -0.15) is 0 Å². The van der Waals surface area contributed by atoms with Crippen LogP contribution < -0.4 is 10.6 Å². The maximum absolute atomic E-state index is 11.9. The zero-order chi connectivity index (χ0) is 18.1. The lowest BCUT2D eigenvalue weighted by atomic mass is 9.83. The summed E-state index contributed by atoms with van der Waals surface area (Å²) in [6.07, 6.45) is 7.78. The molecule has 1 atom stereocenters. The number of carbonyl (C=O) groups excluding carboxylic acids is 1. The highest BCUT2D eigenvalue weighted by atomic mass is 127. The third kappa shape index (κ3) is 6.87. The van der Waals surface area contributed by atoms with Crippen LogP contribution in [0.1, 0.15) is 58.8 Å². The van der Waals surface area contributed by atoms with Crippen molar-refractivity contribution in [3.05, 3.63) is 0 Å². The van der Waals surface area contributed by atoms with E-state index in [4.69, 9.17) is 9.73 Å². The van der Waals surface area contributed by atoms with Crippen LogP contribution in [0.2, 0.25) is 0 Å². The predicted octanol–water partition coefficient (Wildman–Crippen LogP) is 2.77. The number of nitrogens with zero attached hydrogens (tertiary/aromatic N) is 2. The summed E-state index contributed by atoms with van der Waals surface area (Å²) in [5.74, 6) is 1.14. The molecule has 152 valence electrons. The Hall–Kier alpha value is -0.570. The molecule has 0 spiro atoms. The van der Waals surface area contributed by atoms with E-state index in [0.717, 1.165) is 51.6 Å². The van der Waals surface area contributed by atoms with E-state index in [-0.39, 0.29) is 29.9 Å². The van der Waals surface area contributed by atoms with Crippen molar-refractivity contribution in [2.45, 2.75) is 64.8 Å². The number of halogens is 1. The van der Waals surface area contributed by atoms with Crippen LogP contribution in [0.15, 0.2) is 4.99 Å². The normalized spacial score (nSPS) is 22.2. The first-order valence-electron chi connectivity index (χ1n) is 9.94. The number of amides is 1. The first-order valence-corrected chi connectivity index (χ1v) is 9.94. The summed E-state index contributed by atoms with van der Waals surface area (Å²) < 4.78 is 5.32. The molecule has 1 amide bonds. The van der Waals surface area contributed by atoms with E-state index < -0.39 is 0 Å². The quantitative estimate of drug-likeness (QED) is 0.319. The highest BCUT2D eigenvalue weighted by Gasteiger charge is 2.33. The number of rotatable bonds is 8. The highest BCUT2D eigenvalue weighted by molar-refractivity contribution is 14.0. The van der Waals surface area contributed by atoms with Crippen LogP contribution in [-0.2, 0) is 9.53 Å². The van der Waals surface area contributed by atoms with Crippen molar-refractivity contribution in [1.29, 1.82) is 0 Å². The van der Waals surface area contributed by atoms with E-state index in [9.17, 15) is 4.79 Å². The van der Waals surface area contributed by atoms with Crippen molar-refractivity contribution in [3.63, 3.8) is 0 Å². The second-order valence-electron chi connectivity index (χ2n) is 7.47. The first-order chi connectivity index (χ1) is 12.1. The fourth-order valence-corrected chi connectivity index (χ4v) is 4.02. The molecule has 0 bridgehead atoms. The van der Waals surface area contributed by atoms with E-state index >= 15 is 0 Å². The number of ether oxygens (including phenoxy) is 1. The fourth-order valence-electron chi connectivity index (χ4n) is 4.02. The molecule has 2 N–H and O–H groups in total. The molecule has 2 rings (SSSR count). The lowest BCUT2D eigenvalue weighted by molar-refractivity contribution is -0.129. The van der Waals surface area contributed by atoms with Crippen LogP contribution in [0.5, 0.6) is 0 Å². The molecule has 1 heterocycles. The van der Waals surface area contributed by atoms with E-state index in [1.54, 1.807) is 7.11 Å². The average molecular weight is 480 g/mol. The Morgan fingerprint density at radius 2 is 2.04 bits per heavy atom. The van der Waals surface area contributed by atoms with Gasteiger partial charge in [0.25, 0.3) is 0 Å². The molecule has 1 unspecified atom stereocenters. The molecule has 1 saturated heterocycles. The lowest BCUT2D eigenvalue weighted by Crippen LogP contribution is -2.45. The second kappa shape index (κ2) is 12.0. The molecule has 7 heteroatoms. The third-order valence-corrected chi connectivity index (χ3v) is 5.60. The molecule has 0 aromatic rings. The van der Waals surface area contributed by atoms with Gasteiger partial charge in [-0.15, -0.1) is 24.0 Å². The Balaban J connectivity index is 0.00000338. The molecule has 2 aliphatic rings. The van der Waals surface area contributed by atoms with Gasteiger partial charge in [-0.1, -0.05) is 19.8 Å². The Morgan fingerprint density at radius 3 is 2.65 bits per heavy atom. The molecule has 1 aliphatic heterocycles. The van der Waals surface area contributed by atoms with Crippen LogP contribution in [-0.4, -0.2) is 62.7 Å². The van der Waals surface area contributed by atoms with Crippen molar-refractivity contribution in [2.75, 3.05) is 39.9 Å². The van der Waals surface area contributed by atoms with Gasteiger partial charge in [-0.3, -0.25) is 9.79 Å². The standard InChI is InChI=1S/C19H36N4O2.HI/c1-4-17(24)23-12-8-16(14-23)22-18(20-5-2)21-15-19(11-13-25-3)9-6-7-10-19;/h16H,4-15H2,1-3H3,(H2,20,21,22);1H. The molecule has 1 aliphatic carbocycles. The molecule has 0 radical (unpaired) electrons. The number of likely N-dealkylation sites (tertiary alicyclic amines) is 1. The van der Waals surface area contributed by atoms with Crippen molar-refractivity contribution in [1.82, 2.24) is 15.5 Å². The lowest BCUT2D eigenvalue weighted by Gasteiger charge is -2.27. The van der Waals surface area contributed by atoms with Crippen LogP contribution >= 0.6 is 24.0 Å². The van der Waals surface area contributed by atoms with Gasteiger partial charge in [0.15, 0.2) is 5.96 Å². The number of hydrogen-bond donors (Lipinski definition) is 2. The molecule has 6 nitrogen and oxygen atoms in total. The molecule has 26 heavy (non-hydrogen) atoms. The Labute approximate surface area is 175 Å². The predicted molar refractivity (Wildman–Crippen MR) is 117 cm³/mol. The van der Waals surface area contributed by atoms with Crippen LogP contribution in [0, 0.1) is 5.41 Å². The molecule has 2 fully saturated rings. The average Bonchev–Trinajstić information content (AvgIpc) is 3.28. The van der Waals surface area contributed by atoms with Crippen LogP contribution in [0.4, 0.5) is 0 Å². The number of hydrogen-bond acceptors (Lipinski definition) is 3. The van der Waals surface area contributed by atoms with Crippen LogP contribution in [0.3, 0.4) is 0 Å². The summed E-state index contributed by atoms with van der Waals surface area (Å²) in [7, 11) is 1.78. The SMILES string of the molecule is CCNC(=NCC1(CCOC)CCCC1)NC1CCN(C(=O)CC)C1.I. The monoisotopic (exact) mass is 480 g/mol. The van der Waals surface area contributed by atoms with Crippen molar-refractivity contribution < 1.29 is 9.53 Å². The van der Waals surface area contributed by atoms with Crippen molar-refractivity contribution in [2.24, 2.45) is 10.4 Å². The maximum Gasteiger partial charge on any atom is 0.222 e. The summed E-state index contributed by atoms with van der Waals surface area (Å²) >= 11 is 0. The minimum Gasteiger partial charge on any atom is -0.385 e. The summed E-state index contributed by atoms with van der Waals surface area (Å²) in [6.45, 7) is 8.17. The van der Waals surface area contributed by atoms with Gasteiger partial charge < -0.3 is 20.3 Å². The number of carbonyl (C=O) groups is 1. The molecular formula is C19H37IN4O2. The third-order valence-electron chi connectivity index (χ3n) is 5.60. The van der Waals surface area contributed by atoms with E-state index in [1.807, 2.05) is 11.8 Å². The van der Waals surface area contributed by atoms with Crippen molar-refractivity contribution >= 4 is 35.8 Å². The van der Waals surface area contributed by atoms with Gasteiger partial charge in [0.2, 0.25) is 5.91 Å². The number of methoxy groups -OCH3 is 1. The summed E-state index contributed by atoms with van der Waals surface area (Å²) in [4.78, 5) is 18.7. The van der Waals surface area contributed by atoms with E-state index in [1.165, 1.54) is 25.7 Å². The van der Waals surface area contributed by atoms with Crippen LogP contribution in [0.25, 0.3) is 0 Å². The van der Waals surface area contributed by atoms with Gasteiger partial charge in [0.05, 0.1) is 0 Å². The summed E-state index contributed by atoms with van der Waals surface area (Å²) in [6, 6.07) is 0.298. The molecule has 0 aromatic heterocycles. The zero-order valence-electron chi connectivity index (χ0n) is 16.7. The smallest absolute Gasteiger partial charge is 0.222 e. The molecule has 0 aromatic carbocycles. The largest absolute Gasteiger partial charge is 0.385 e. The Kier molecular flexibility index (Phi) is 10.8. The van der Waals surface area contributed by atoms with Gasteiger partial charge in [0, 0.05) is 52.4 Å². The molecule has 1 saturated carbocycles. The number of nitrogens with one attached hydrogen (secondary N) is 2. The Bertz CT molecular complexity index is 453. The minimum atomic E-state index is 0. The topological polar surface area (TPSA) is 66.0 Å². The summed E-state index contributed by atoms with van der Waals surface area (Å²) in [5, 5.41) is 6.91. The Morgan fingerprint density at radius 1 is 1.31 bits per heavy atom. The van der Waals surface area contributed by atoms with Crippen molar-refractivity contribution in [3.8, 4) is 0 Å². The van der Waals surface area contributed by atoms with Gasteiger partial charge in [-0.25, -0.2) is 0 Å². The van der Waals surface area contributed by atoms with E-state index in [2.05, 4.69) is 17.6 Å². The first kappa shape index (κ1) is 23.5. The fraction of sp³-hybridized carbons (Fsp3) is 0.895. The molecular weight excluding hydrogens is 443 g/mol. The zero-order valence-corrected chi connectivity index (χ0v) is 19.0. The van der Waals surface area contributed by atoms with E-state index in [0.29, 0.717) is 17.9 Å². The number of guanidine groups is 1. The van der Waals surface area contributed by atoms with Gasteiger partial charge in [0.1, 0.15) is 0 Å². The summed E-state index contributed by atoms with van der Waals surface area (Å²) in [5.41, 5.74) is 0.304. The number of aliphatic imine (C=N–C) groups is 1. The maximum atomic E-state index is 11.9. The van der Waals surface area contributed by atoms with Gasteiger partial charge in [-0.05, 0) is 38.0 Å². The second-order valence-corrected chi connectivity index (χ2v) is 7.47. The van der Waals surface area contributed by atoms with Gasteiger partial charge >= 0.3 is 0 Å². The highest BCUT2D eigenvalue weighted by Crippen LogP contribution is 2.41. The minimum absolute atomic E-state index is 0.